The first-order valence-electron chi connectivity index (χ1n) is 9.17. The van der Waals surface area contributed by atoms with Crippen molar-refractivity contribution >= 4 is 27.1 Å². The number of pyridine rings is 2. The molecule has 3 aromatic rings. The highest BCUT2D eigenvalue weighted by Crippen LogP contribution is 2.26. The first-order chi connectivity index (χ1) is 13.1. The third kappa shape index (κ3) is 4.50. The summed E-state index contributed by atoms with van der Waals surface area (Å²) in [4.78, 5) is 24.2. The van der Waals surface area contributed by atoms with E-state index in [1.54, 1.807) is 18.3 Å². The Hall–Kier alpha value is -2.35. The number of aromatic amines is 1. The van der Waals surface area contributed by atoms with E-state index < -0.39 is 0 Å². The molecule has 3 heterocycles. The second-order valence-corrected chi connectivity index (χ2v) is 7.08. The molecule has 0 saturated heterocycles. The highest BCUT2D eigenvalue weighted by molar-refractivity contribution is 9.10. The quantitative estimate of drug-likeness (QED) is 0.509. The largest absolute Gasteiger partial charge is 0.478 e. The Morgan fingerprint density at radius 2 is 1.89 bits per heavy atom. The van der Waals surface area contributed by atoms with Gasteiger partial charge in [-0.05, 0) is 40.9 Å². The molecule has 0 bridgehead atoms. The highest BCUT2D eigenvalue weighted by atomic mass is 79.9. The maximum atomic E-state index is 12.6. The minimum absolute atomic E-state index is 0.294. The number of aromatic nitrogens is 4. The minimum atomic E-state index is -0.294. The SMILES string of the molecule is CCCCOc1ccc(-n2c(=O)[nH]c3cc(Br)cnc32)c(OCCCC)n1. The molecular weight excluding hydrogens is 412 g/mol. The fourth-order valence-electron chi connectivity index (χ4n) is 2.60. The van der Waals surface area contributed by atoms with E-state index >= 15 is 0 Å². The van der Waals surface area contributed by atoms with Crippen molar-refractivity contribution in [3.05, 3.63) is 39.4 Å². The van der Waals surface area contributed by atoms with E-state index in [0.717, 1.165) is 30.2 Å². The summed E-state index contributed by atoms with van der Waals surface area (Å²) in [7, 11) is 0. The van der Waals surface area contributed by atoms with E-state index in [1.165, 1.54) is 4.57 Å². The molecule has 144 valence electrons. The molecule has 0 unspecified atom stereocenters. The van der Waals surface area contributed by atoms with Gasteiger partial charge in [-0.1, -0.05) is 26.7 Å². The van der Waals surface area contributed by atoms with Crippen molar-refractivity contribution in [1.82, 2.24) is 19.5 Å². The van der Waals surface area contributed by atoms with Crippen LogP contribution >= 0.6 is 15.9 Å². The zero-order valence-electron chi connectivity index (χ0n) is 15.5. The molecule has 0 radical (unpaired) electrons. The number of H-pyrrole nitrogens is 1. The zero-order valence-corrected chi connectivity index (χ0v) is 17.1. The summed E-state index contributed by atoms with van der Waals surface area (Å²) in [6.07, 6.45) is 5.56. The van der Waals surface area contributed by atoms with Crippen molar-refractivity contribution < 1.29 is 9.47 Å². The molecule has 0 aromatic carbocycles. The summed E-state index contributed by atoms with van der Waals surface area (Å²) in [5, 5.41) is 0. The van der Waals surface area contributed by atoms with Crippen LogP contribution in [0.1, 0.15) is 39.5 Å². The van der Waals surface area contributed by atoms with Gasteiger partial charge in [-0.3, -0.25) is 0 Å². The molecule has 0 fully saturated rings. The molecule has 1 N–H and O–H groups in total. The van der Waals surface area contributed by atoms with Gasteiger partial charge in [0, 0.05) is 16.7 Å². The molecule has 8 heteroatoms. The van der Waals surface area contributed by atoms with Crippen molar-refractivity contribution in [1.29, 1.82) is 0 Å². The van der Waals surface area contributed by atoms with Gasteiger partial charge >= 0.3 is 5.69 Å². The van der Waals surface area contributed by atoms with Crippen molar-refractivity contribution in [2.45, 2.75) is 39.5 Å². The number of ether oxygens (including phenoxy) is 2. The maximum Gasteiger partial charge on any atom is 0.332 e. The predicted octanol–water partition coefficient (Wildman–Crippen LogP) is 4.23. The van der Waals surface area contributed by atoms with Crippen molar-refractivity contribution in [3.8, 4) is 17.4 Å². The average molecular weight is 435 g/mol. The van der Waals surface area contributed by atoms with E-state index in [1.807, 2.05) is 6.07 Å². The Labute approximate surface area is 165 Å². The molecule has 0 saturated carbocycles. The number of fused-ring (bicyclic) bond motifs is 1. The van der Waals surface area contributed by atoms with Crippen molar-refractivity contribution in [3.63, 3.8) is 0 Å². The average Bonchev–Trinajstić information content (AvgIpc) is 2.97. The van der Waals surface area contributed by atoms with Crippen molar-refractivity contribution in [2.24, 2.45) is 0 Å². The van der Waals surface area contributed by atoms with Gasteiger partial charge in [0.2, 0.25) is 11.8 Å². The normalized spacial score (nSPS) is 11.1. The van der Waals surface area contributed by atoms with Gasteiger partial charge < -0.3 is 14.5 Å². The Morgan fingerprint density at radius 1 is 1.15 bits per heavy atom. The van der Waals surface area contributed by atoms with Gasteiger partial charge in [0.25, 0.3) is 0 Å². The predicted molar refractivity (Wildman–Crippen MR) is 108 cm³/mol. The topological polar surface area (TPSA) is 82.0 Å². The van der Waals surface area contributed by atoms with Crippen LogP contribution in [0.2, 0.25) is 0 Å². The summed E-state index contributed by atoms with van der Waals surface area (Å²) < 4.78 is 13.8. The molecule has 3 rings (SSSR count). The Bertz CT molecular complexity index is 967. The Morgan fingerprint density at radius 3 is 2.63 bits per heavy atom. The van der Waals surface area contributed by atoms with E-state index in [4.69, 9.17) is 9.47 Å². The summed E-state index contributed by atoms with van der Waals surface area (Å²) in [6.45, 7) is 5.31. The molecule has 0 aliphatic carbocycles. The van der Waals surface area contributed by atoms with Gasteiger partial charge in [-0.2, -0.15) is 4.98 Å². The van der Waals surface area contributed by atoms with Crippen LogP contribution in [-0.2, 0) is 0 Å². The molecule has 0 aliphatic heterocycles. The van der Waals surface area contributed by atoms with Crippen LogP contribution in [0.3, 0.4) is 0 Å². The zero-order chi connectivity index (χ0) is 19.2. The fourth-order valence-corrected chi connectivity index (χ4v) is 2.93. The number of hydrogen-bond donors (Lipinski definition) is 1. The van der Waals surface area contributed by atoms with Gasteiger partial charge in [0.15, 0.2) is 5.65 Å². The lowest BCUT2D eigenvalue weighted by Crippen LogP contribution is -2.17. The number of nitrogens with zero attached hydrogens (tertiary/aromatic N) is 3. The van der Waals surface area contributed by atoms with Gasteiger partial charge in [0.05, 0.1) is 18.7 Å². The van der Waals surface area contributed by atoms with Crippen LogP contribution in [0.5, 0.6) is 11.8 Å². The molecular formula is C19H23BrN4O3. The molecule has 27 heavy (non-hydrogen) atoms. The number of rotatable bonds is 9. The molecule has 0 aliphatic rings. The van der Waals surface area contributed by atoms with E-state index in [0.29, 0.717) is 41.8 Å². The number of nitrogens with one attached hydrogen (secondary N) is 1. The lowest BCUT2D eigenvalue weighted by molar-refractivity contribution is 0.272. The van der Waals surface area contributed by atoms with Crippen LogP contribution < -0.4 is 15.2 Å². The van der Waals surface area contributed by atoms with Crippen LogP contribution in [0.25, 0.3) is 16.9 Å². The molecule has 0 atom stereocenters. The summed E-state index contributed by atoms with van der Waals surface area (Å²) in [5.74, 6) is 0.854. The van der Waals surface area contributed by atoms with E-state index in [9.17, 15) is 4.79 Å². The Kier molecular flexibility index (Phi) is 6.49. The summed E-state index contributed by atoms with van der Waals surface area (Å²) in [6, 6.07) is 5.35. The third-order valence-corrected chi connectivity index (χ3v) is 4.46. The smallest absolute Gasteiger partial charge is 0.332 e. The molecule has 0 amide bonds. The van der Waals surface area contributed by atoms with E-state index in [2.05, 4.69) is 44.7 Å². The molecule has 7 nitrogen and oxygen atoms in total. The highest BCUT2D eigenvalue weighted by Gasteiger charge is 2.17. The van der Waals surface area contributed by atoms with Crippen LogP contribution in [-0.4, -0.2) is 32.7 Å². The second-order valence-electron chi connectivity index (χ2n) is 6.17. The van der Waals surface area contributed by atoms with Crippen LogP contribution in [0, 0.1) is 0 Å². The van der Waals surface area contributed by atoms with Crippen LogP contribution in [0.4, 0.5) is 0 Å². The van der Waals surface area contributed by atoms with Gasteiger partial charge in [-0.25, -0.2) is 14.3 Å². The first-order valence-corrected chi connectivity index (χ1v) is 9.96. The summed E-state index contributed by atoms with van der Waals surface area (Å²) in [5.41, 5.74) is 1.40. The van der Waals surface area contributed by atoms with Crippen molar-refractivity contribution in [2.75, 3.05) is 13.2 Å². The number of imidazole rings is 1. The Balaban J connectivity index is 2.03. The second kappa shape index (κ2) is 9.03. The number of hydrogen-bond acceptors (Lipinski definition) is 5. The first kappa shape index (κ1) is 19.4. The molecule has 3 aromatic heterocycles. The lowest BCUT2D eigenvalue weighted by atomic mass is 10.3. The minimum Gasteiger partial charge on any atom is -0.478 e. The lowest BCUT2D eigenvalue weighted by Gasteiger charge is -2.13. The maximum absolute atomic E-state index is 12.6. The van der Waals surface area contributed by atoms with Crippen LogP contribution in [0.15, 0.2) is 33.7 Å². The standard InChI is InChI=1S/C19H23BrN4O3/c1-3-5-9-26-16-8-7-15(18(23-16)27-10-6-4-2)24-17-14(22-19(24)25)11-13(20)12-21-17/h7-8,11-12H,3-6,9-10H2,1-2H3,(H,22,25). The monoisotopic (exact) mass is 434 g/mol. The van der Waals surface area contributed by atoms with E-state index in [-0.39, 0.29) is 5.69 Å². The third-order valence-electron chi connectivity index (χ3n) is 4.03. The van der Waals surface area contributed by atoms with Gasteiger partial charge in [0.1, 0.15) is 5.69 Å². The number of halogens is 1. The summed E-state index contributed by atoms with van der Waals surface area (Å²) >= 11 is 3.37. The van der Waals surface area contributed by atoms with Gasteiger partial charge in [-0.15, -0.1) is 0 Å². The molecule has 0 spiro atoms. The number of unbranched alkanes of at least 4 members (excludes halogenated alkanes) is 2. The fraction of sp³-hybridized carbons (Fsp3) is 0.421.